The van der Waals surface area contributed by atoms with Gasteiger partial charge in [-0.25, -0.2) is 0 Å². The zero-order valence-electron chi connectivity index (χ0n) is 11.2. The number of nitrogens with zero attached hydrogens (tertiary/aromatic N) is 2. The third kappa shape index (κ3) is 4.01. The molecular formula is C13H16F3N3O2. The fraction of sp³-hybridized carbons (Fsp3) is 0.462. The number of nitrogen functional groups attached to an aromatic ring is 1. The standard InChI is InChI=1S/C13H16F3N3O2/c14-13(15,16)8-18-3-5-19(6-4-18)12(21)9-1-2-10(17)11(20)7-9/h1-2,7,20H,3-6,8,17H2. The number of anilines is 1. The van der Waals surface area contributed by atoms with Gasteiger partial charge in [0.15, 0.2) is 0 Å². The van der Waals surface area contributed by atoms with Crippen molar-refractivity contribution in [2.24, 2.45) is 0 Å². The maximum atomic E-state index is 12.3. The molecule has 1 aromatic rings. The number of piperazine rings is 1. The molecule has 2 rings (SSSR count). The molecule has 116 valence electrons. The van der Waals surface area contributed by atoms with E-state index in [-0.39, 0.29) is 49.1 Å². The van der Waals surface area contributed by atoms with Gasteiger partial charge in [-0.1, -0.05) is 0 Å². The molecule has 0 unspecified atom stereocenters. The molecule has 0 bridgehead atoms. The Morgan fingerprint density at radius 1 is 1.24 bits per heavy atom. The van der Waals surface area contributed by atoms with Crippen LogP contribution in [0, 0.1) is 0 Å². The van der Waals surface area contributed by atoms with Gasteiger partial charge < -0.3 is 15.7 Å². The molecule has 5 nitrogen and oxygen atoms in total. The molecule has 1 amide bonds. The van der Waals surface area contributed by atoms with Crippen LogP contribution < -0.4 is 5.73 Å². The first kappa shape index (κ1) is 15.4. The minimum atomic E-state index is -4.23. The number of halogens is 3. The molecule has 3 N–H and O–H groups in total. The summed E-state index contributed by atoms with van der Waals surface area (Å²) in [5, 5.41) is 9.49. The Bertz CT molecular complexity index is 526. The van der Waals surface area contributed by atoms with Crippen LogP contribution in [0.5, 0.6) is 5.75 Å². The van der Waals surface area contributed by atoms with Crippen molar-refractivity contribution in [3.05, 3.63) is 23.8 Å². The first-order valence-corrected chi connectivity index (χ1v) is 6.43. The Morgan fingerprint density at radius 3 is 2.38 bits per heavy atom. The average molecular weight is 303 g/mol. The van der Waals surface area contributed by atoms with Crippen molar-refractivity contribution < 1.29 is 23.1 Å². The number of hydrogen-bond donors (Lipinski definition) is 2. The summed E-state index contributed by atoms with van der Waals surface area (Å²) < 4.78 is 36.8. The quantitative estimate of drug-likeness (QED) is 0.638. The highest BCUT2D eigenvalue weighted by Gasteiger charge is 2.33. The molecule has 1 aliphatic heterocycles. The van der Waals surface area contributed by atoms with Gasteiger partial charge in [-0.2, -0.15) is 13.2 Å². The van der Waals surface area contributed by atoms with Crippen LogP contribution in [0.2, 0.25) is 0 Å². The summed E-state index contributed by atoms with van der Waals surface area (Å²) in [6.45, 7) is -0.170. The minimum Gasteiger partial charge on any atom is -0.506 e. The largest absolute Gasteiger partial charge is 0.506 e. The predicted molar refractivity (Wildman–Crippen MR) is 70.9 cm³/mol. The van der Waals surface area contributed by atoms with Crippen LogP contribution in [0.25, 0.3) is 0 Å². The first-order chi connectivity index (χ1) is 9.76. The summed E-state index contributed by atoms with van der Waals surface area (Å²) in [7, 11) is 0. The molecule has 1 heterocycles. The third-order valence-electron chi connectivity index (χ3n) is 3.34. The highest BCUT2D eigenvalue weighted by Crippen LogP contribution is 2.22. The van der Waals surface area contributed by atoms with Crippen molar-refractivity contribution >= 4 is 11.6 Å². The number of amides is 1. The maximum Gasteiger partial charge on any atom is 0.401 e. The van der Waals surface area contributed by atoms with E-state index in [9.17, 15) is 23.1 Å². The average Bonchev–Trinajstić information content (AvgIpc) is 2.40. The van der Waals surface area contributed by atoms with Gasteiger partial charge in [0.1, 0.15) is 5.75 Å². The molecule has 0 radical (unpaired) electrons. The summed E-state index contributed by atoms with van der Waals surface area (Å²) >= 11 is 0. The van der Waals surface area contributed by atoms with Crippen molar-refractivity contribution in [1.82, 2.24) is 9.80 Å². The summed E-state index contributed by atoms with van der Waals surface area (Å²) in [6.07, 6.45) is -4.23. The predicted octanol–water partition coefficient (Wildman–Crippen LogP) is 1.29. The molecule has 0 spiro atoms. The van der Waals surface area contributed by atoms with Crippen molar-refractivity contribution in [2.75, 3.05) is 38.5 Å². The van der Waals surface area contributed by atoms with Crippen LogP contribution in [0.15, 0.2) is 18.2 Å². The van der Waals surface area contributed by atoms with Crippen molar-refractivity contribution in [1.29, 1.82) is 0 Å². The monoisotopic (exact) mass is 303 g/mol. The normalized spacial score (nSPS) is 17.0. The van der Waals surface area contributed by atoms with E-state index < -0.39 is 12.7 Å². The lowest BCUT2D eigenvalue weighted by Gasteiger charge is -2.35. The van der Waals surface area contributed by atoms with Crippen LogP contribution in [-0.2, 0) is 0 Å². The number of nitrogens with two attached hydrogens (primary N) is 1. The van der Waals surface area contributed by atoms with E-state index in [0.717, 1.165) is 0 Å². The highest BCUT2D eigenvalue weighted by molar-refractivity contribution is 5.95. The molecule has 1 saturated heterocycles. The van der Waals surface area contributed by atoms with Crippen molar-refractivity contribution in [2.45, 2.75) is 6.18 Å². The van der Waals surface area contributed by atoms with Gasteiger partial charge in [0, 0.05) is 31.7 Å². The molecule has 0 aromatic heterocycles. The fourth-order valence-corrected chi connectivity index (χ4v) is 2.22. The van der Waals surface area contributed by atoms with Gasteiger partial charge in [0.25, 0.3) is 5.91 Å². The zero-order valence-corrected chi connectivity index (χ0v) is 11.2. The Labute approximate surface area is 119 Å². The second-order valence-electron chi connectivity index (χ2n) is 4.96. The zero-order chi connectivity index (χ0) is 15.6. The van der Waals surface area contributed by atoms with Crippen LogP contribution >= 0.6 is 0 Å². The third-order valence-corrected chi connectivity index (χ3v) is 3.34. The Kier molecular flexibility index (Phi) is 4.26. The number of carbonyl (C=O) groups excluding carboxylic acids is 1. The van der Waals surface area contributed by atoms with E-state index in [0.29, 0.717) is 0 Å². The fourth-order valence-electron chi connectivity index (χ4n) is 2.22. The molecule has 0 saturated carbocycles. The van der Waals surface area contributed by atoms with Crippen LogP contribution in [0.1, 0.15) is 10.4 Å². The van der Waals surface area contributed by atoms with E-state index in [1.54, 1.807) is 0 Å². The number of carbonyl (C=O) groups is 1. The van der Waals surface area contributed by atoms with E-state index in [2.05, 4.69) is 0 Å². The second kappa shape index (κ2) is 5.80. The molecule has 1 aliphatic rings. The summed E-state index contributed by atoms with van der Waals surface area (Å²) in [5.74, 6) is -0.506. The van der Waals surface area contributed by atoms with E-state index in [4.69, 9.17) is 5.73 Å². The lowest BCUT2D eigenvalue weighted by molar-refractivity contribution is -0.148. The van der Waals surface area contributed by atoms with E-state index in [1.165, 1.54) is 28.0 Å². The summed E-state index contributed by atoms with van der Waals surface area (Å²) in [5.41, 5.74) is 5.89. The van der Waals surface area contributed by atoms with Gasteiger partial charge in [0.05, 0.1) is 12.2 Å². The summed E-state index contributed by atoms with van der Waals surface area (Å²) in [4.78, 5) is 14.9. The minimum absolute atomic E-state index is 0.168. The smallest absolute Gasteiger partial charge is 0.401 e. The second-order valence-corrected chi connectivity index (χ2v) is 4.96. The van der Waals surface area contributed by atoms with Crippen LogP contribution in [-0.4, -0.2) is 59.7 Å². The van der Waals surface area contributed by atoms with Gasteiger partial charge in [0.2, 0.25) is 0 Å². The Morgan fingerprint density at radius 2 is 1.86 bits per heavy atom. The number of rotatable bonds is 2. The lowest BCUT2D eigenvalue weighted by atomic mass is 10.1. The number of benzene rings is 1. The number of hydrogen-bond acceptors (Lipinski definition) is 4. The molecule has 0 aliphatic carbocycles. The molecule has 1 aromatic carbocycles. The van der Waals surface area contributed by atoms with Crippen molar-refractivity contribution in [3.8, 4) is 5.75 Å². The van der Waals surface area contributed by atoms with Gasteiger partial charge in [-0.3, -0.25) is 9.69 Å². The van der Waals surface area contributed by atoms with Gasteiger partial charge in [-0.15, -0.1) is 0 Å². The van der Waals surface area contributed by atoms with E-state index >= 15 is 0 Å². The first-order valence-electron chi connectivity index (χ1n) is 6.43. The Hall–Kier alpha value is -1.96. The van der Waals surface area contributed by atoms with Gasteiger partial charge in [-0.05, 0) is 18.2 Å². The highest BCUT2D eigenvalue weighted by atomic mass is 19.4. The SMILES string of the molecule is Nc1ccc(C(=O)N2CCN(CC(F)(F)F)CC2)cc1O. The molecule has 8 heteroatoms. The number of aromatic hydroxyl groups is 1. The molecule has 0 atom stereocenters. The topological polar surface area (TPSA) is 69.8 Å². The van der Waals surface area contributed by atoms with Crippen LogP contribution in [0.4, 0.5) is 18.9 Å². The number of phenols is 1. The van der Waals surface area contributed by atoms with Crippen LogP contribution in [0.3, 0.4) is 0 Å². The lowest BCUT2D eigenvalue weighted by Crippen LogP contribution is -2.50. The number of alkyl halides is 3. The summed E-state index contributed by atoms with van der Waals surface area (Å²) in [6, 6.07) is 4.17. The maximum absolute atomic E-state index is 12.3. The molecule has 21 heavy (non-hydrogen) atoms. The number of phenolic OH excluding ortho intramolecular Hbond substituents is 1. The van der Waals surface area contributed by atoms with Crippen molar-refractivity contribution in [3.63, 3.8) is 0 Å². The van der Waals surface area contributed by atoms with E-state index in [1.807, 2.05) is 0 Å². The molecule has 1 fully saturated rings. The Balaban J connectivity index is 1.95. The van der Waals surface area contributed by atoms with Gasteiger partial charge >= 0.3 is 6.18 Å². The molecular weight excluding hydrogens is 287 g/mol.